The van der Waals surface area contributed by atoms with E-state index in [-0.39, 0.29) is 0 Å². The first-order valence-electron chi connectivity index (χ1n) is 5.35. The van der Waals surface area contributed by atoms with Crippen LogP contribution in [0.4, 0.5) is 0 Å². The van der Waals surface area contributed by atoms with Gasteiger partial charge in [0.05, 0.1) is 0 Å². The molecule has 14 heavy (non-hydrogen) atoms. The highest BCUT2D eigenvalue weighted by Gasteiger charge is 2.22. The zero-order valence-electron chi connectivity index (χ0n) is 8.62. The Balaban J connectivity index is 1.95. The van der Waals surface area contributed by atoms with Crippen molar-refractivity contribution >= 4 is 5.78 Å². The maximum Gasteiger partial charge on any atom is 0.162 e. The van der Waals surface area contributed by atoms with Crippen molar-refractivity contribution < 1.29 is 4.79 Å². The Morgan fingerprint density at radius 2 is 2.21 bits per heavy atom. The lowest BCUT2D eigenvalue weighted by Crippen LogP contribution is -1.99. The van der Waals surface area contributed by atoms with Gasteiger partial charge in [-0.1, -0.05) is 36.6 Å². The Morgan fingerprint density at radius 3 is 2.86 bits per heavy atom. The van der Waals surface area contributed by atoms with E-state index in [2.05, 4.69) is 0 Å². The minimum absolute atomic E-state index is 0.306. The second-order valence-electron chi connectivity index (χ2n) is 4.27. The molecular weight excluding hydrogens is 172 g/mol. The molecule has 1 nitrogen and oxygen atoms in total. The molecule has 0 unspecified atom stereocenters. The number of hydrogen-bond acceptors (Lipinski definition) is 1. The van der Waals surface area contributed by atoms with Crippen LogP contribution in [-0.4, -0.2) is 5.78 Å². The van der Waals surface area contributed by atoms with Crippen LogP contribution in [0.25, 0.3) is 0 Å². The average Bonchev–Trinajstić information content (AvgIpc) is 2.97. The topological polar surface area (TPSA) is 17.1 Å². The Labute approximate surface area is 85.1 Å². The lowest BCUT2D eigenvalue weighted by atomic mass is 10.0. The summed E-state index contributed by atoms with van der Waals surface area (Å²) in [5.41, 5.74) is 2.05. The monoisotopic (exact) mass is 188 g/mol. The highest BCUT2D eigenvalue weighted by Crippen LogP contribution is 2.33. The summed E-state index contributed by atoms with van der Waals surface area (Å²) in [5, 5.41) is 0. The minimum Gasteiger partial charge on any atom is -0.294 e. The van der Waals surface area contributed by atoms with Crippen molar-refractivity contribution in [2.24, 2.45) is 5.92 Å². The zero-order valence-corrected chi connectivity index (χ0v) is 8.62. The van der Waals surface area contributed by atoms with E-state index in [4.69, 9.17) is 0 Å². The van der Waals surface area contributed by atoms with Gasteiger partial charge in [0.1, 0.15) is 0 Å². The summed E-state index contributed by atoms with van der Waals surface area (Å²) in [6.45, 7) is 2.03. The molecule has 0 atom stereocenters. The van der Waals surface area contributed by atoms with E-state index in [1.54, 1.807) is 0 Å². The lowest BCUT2D eigenvalue weighted by molar-refractivity contribution is 0.0978. The molecule has 0 spiro atoms. The number of benzene rings is 1. The third-order valence-corrected chi connectivity index (χ3v) is 2.82. The number of Topliss-reactive ketones (excluding diaryl/α,β-unsaturated/α-hetero) is 1. The summed E-state index contributed by atoms with van der Waals surface area (Å²) in [7, 11) is 0. The molecule has 0 bridgehead atoms. The smallest absolute Gasteiger partial charge is 0.162 e. The highest BCUT2D eigenvalue weighted by atomic mass is 16.1. The largest absolute Gasteiger partial charge is 0.294 e. The van der Waals surface area contributed by atoms with Crippen molar-refractivity contribution in [2.75, 3.05) is 0 Å². The van der Waals surface area contributed by atoms with Gasteiger partial charge in [0.25, 0.3) is 0 Å². The van der Waals surface area contributed by atoms with Gasteiger partial charge in [-0.15, -0.1) is 0 Å². The number of carbonyl (C=O) groups is 1. The van der Waals surface area contributed by atoms with E-state index >= 15 is 0 Å². The van der Waals surface area contributed by atoms with Gasteiger partial charge in [-0.05, 0) is 25.3 Å². The van der Waals surface area contributed by atoms with Crippen molar-refractivity contribution in [2.45, 2.75) is 32.6 Å². The van der Waals surface area contributed by atoms with E-state index in [0.717, 1.165) is 24.3 Å². The maximum absolute atomic E-state index is 11.7. The molecule has 1 fully saturated rings. The molecule has 1 heteroatoms. The fraction of sp³-hybridized carbons (Fsp3) is 0.462. The summed E-state index contributed by atoms with van der Waals surface area (Å²) in [6.07, 6.45) is 4.49. The fourth-order valence-corrected chi connectivity index (χ4v) is 1.70. The first-order chi connectivity index (χ1) is 6.75. The molecule has 1 aromatic rings. The van der Waals surface area contributed by atoms with Crippen molar-refractivity contribution in [1.82, 2.24) is 0 Å². The van der Waals surface area contributed by atoms with E-state index in [0.29, 0.717) is 5.78 Å². The van der Waals surface area contributed by atoms with Gasteiger partial charge < -0.3 is 0 Å². The summed E-state index contributed by atoms with van der Waals surface area (Å²) in [5.74, 6) is 1.16. The molecule has 0 heterocycles. The first kappa shape index (κ1) is 9.45. The molecule has 1 saturated carbocycles. The van der Waals surface area contributed by atoms with Crippen molar-refractivity contribution in [3.63, 3.8) is 0 Å². The quantitative estimate of drug-likeness (QED) is 0.662. The summed E-state index contributed by atoms with van der Waals surface area (Å²) < 4.78 is 0. The molecule has 74 valence electrons. The third kappa shape index (κ3) is 2.44. The maximum atomic E-state index is 11.7. The van der Waals surface area contributed by atoms with Gasteiger partial charge in [0.15, 0.2) is 5.78 Å². The molecule has 0 radical (unpaired) electrons. The minimum atomic E-state index is 0.306. The standard InChI is InChI=1S/C13H16O/c1-10-3-2-4-12(9-10)13(14)8-7-11-5-6-11/h2-4,9,11H,5-8H2,1H3. The molecule has 1 aliphatic carbocycles. The Morgan fingerprint density at radius 1 is 1.43 bits per heavy atom. The average molecular weight is 188 g/mol. The number of ketones is 1. The Kier molecular flexibility index (Phi) is 2.67. The van der Waals surface area contributed by atoms with Gasteiger partial charge >= 0.3 is 0 Å². The number of aryl methyl sites for hydroxylation is 1. The molecule has 0 amide bonds. The molecular formula is C13H16O. The Hall–Kier alpha value is -1.11. The van der Waals surface area contributed by atoms with E-state index in [9.17, 15) is 4.79 Å². The van der Waals surface area contributed by atoms with E-state index < -0.39 is 0 Å². The number of carbonyl (C=O) groups excluding carboxylic acids is 1. The van der Waals surface area contributed by atoms with Crippen LogP contribution < -0.4 is 0 Å². The lowest BCUT2D eigenvalue weighted by Gasteiger charge is -2.01. The van der Waals surface area contributed by atoms with Crippen LogP contribution in [0.15, 0.2) is 24.3 Å². The van der Waals surface area contributed by atoms with Crippen molar-refractivity contribution in [1.29, 1.82) is 0 Å². The first-order valence-corrected chi connectivity index (χ1v) is 5.35. The summed E-state index contributed by atoms with van der Waals surface area (Å²) in [4.78, 5) is 11.7. The van der Waals surface area contributed by atoms with E-state index in [1.807, 2.05) is 31.2 Å². The summed E-state index contributed by atoms with van der Waals surface area (Å²) >= 11 is 0. The van der Waals surface area contributed by atoms with Gasteiger partial charge in [-0.3, -0.25) is 4.79 Å². The van der Waals surface area contributed by atoms with Gasteiger partial charge in [0, 0.05) is 12.0 Å². The number of rotatable bonds is 4. The van der Waals surface area contributed by atoms with Crippen LogP contribution in [0.1, 0.15) is 41.6 Å². The van der Waals surface area contributed by atoms with Gasteiger partial charge in [0.2, 0.25) is 0 Å². The molecule has 0 aromatic heterocycles. The highest BCUT2D eigenvalue weighted by molar-refractivity contribution is 5.96. The predicted octanol–water partition coefficient (Wildman–Crippen LogP) is 3.37. The third-order valence-electron chi connectivity index (χ3n) is 2.82. The van der Waals surface area contributed by atoms with Crippen LogP contribution in [0.5, 0.6) is 0 Å². The second-order valence-corrected chi connectivity index (χ2v) is 4.27. The molecule has 0 saturated heterocycles. The van der Waals surface area contributed by atoms with Crippen LogP contribution >= 0.6 is 0 Å². The summed E-state index contributed by atoms with van der Waals surface area (Å²) in [6, 6.07) is 7.88. The van der Waals surface area contributed by atoms with Gasteiger partial charge in [-0.2, -0.15) is 0 Å². The van der Waals surface area contributed by atoms with Crippen LogP contribution in [0, 0.1) is 12.8 Å². The van der Waals surface area contributed by atoms with E-state index in [1.165, 1.54) is 18.4 Å². The molecule has 0 N–H and O–H groups in total. The molecule has 1 aromatic carbocycles. The molecule has 0 aliphatic heterocycles. The zero-order chi connectivity index (χ0) is 9.97. The fourth-order valence-electron chi connectivity index (χ4n) is 1.70. The second kappa shape index (κ2) is 3.95. The van der Waals surface area contributed by atoms with Crippen molar-refractivity contribution in [3.8, 4) is 0 Å². The SMILES string of the molecule is Cc1cccc(C(=O)CCC2CC2)c1. The normalized spacial score (nSPS) is 15.5. The number of hydrogen-bond donors (Lipinski definition) is 0. The van der Waals surface area contributed by atoms with Crippen molar-refractivity contribution in [3.05, 3.63) is 35.4 Å². The predicted molar refractivity (Wildman–Crippen MR) is 57.5 cm³/mol. The Bertz CT molecular complexity index is 337. The molecule has 2 rings (SSSR count). The van der Waals surface area contributed by atoms with Crippen LogP contribution in [0.2, 0.25) is 0 Å². The molecule has 1 aliphatic rings. The van der Waals surface area contributed by atoms with Crippen LogP contribution in [0.3, 0.4) is 0 Å². The van der Waals surface area contributed by atoms with Crippen LogP contribution in [-0.2, 0) is 0 Å². The van der Waals surface area contributed by atoms with Gasteiger partial charge in [-0.25, -0.2) is 0 Å².